The van der Waals surface area contributed by atoms with Crippen LogP contribution in [-0.2, 0) is 35.0 Å². The Morgan fingerprint density at radius 2 is 2.11 bits per heavy atom. The molecular weight excluding hydrogens is 380 g/mol. The smallest absolute Gasteiger partial charge is 0.246 e. The van der Waals surface area contributed by atoms with E-state index < -0.39 is 10.0 Å². The highest BCUT2D eigenvalue weighted by Crippen LogP contribution is 2.26. The fourth-order valence-corrected chi connectivity index (χ4v) is 5.35. The summed E-state index contributed by atoms with van der Waals surface area (Å²) in [5, 5.41) is 8.28. The van der Waals surface area contributed by atoms with Crippen LogP contribution in [0.2, 0.25) is 0 Å². The zero-order valence-electron chi connectivity index (χ0n) is 16.9. The molecule has 154 valence electrons. The van der Waals surface area contributed by atoms with Gasteiger partial charge >= 0.3 is 0 Å². The van der Waals surface area contributed by atoms with E-state index in [4.69, 9.17) is 0 Å². The Labute approximate surface area is 166 Å². The van der Waals surface area contributed by atoms with Crippen molar-refractivity contribution in [3.63, 3.8) is 0 Å². The minimum Gasteiger partial charge on any atom is -0.340 e. The van der Waals surface area contributed by atoms with Crippen molar-refractivity contribution in [1.29, 1.82) is 0 Å². The average Bonchev–Trinajstić information content (AvgIpc) is 3.27. The Kier molecular flexibility index (Phi) is 5.90. The van der Waals surface area contributed by atoms with Crippen molar-refractivity contribution in [3.8, 4) is 0 Å². The molecule has 0 bridgehead atoms. The molecule has 1 atom stereocenters. The normalized spacial score (nSPS) is 18.4. The third-order valence-electron chi connectivity index (χ3n) is 5.42. The van der Waals surface area contributed by atoms with E-state index >= 15 is 0 Å². The van der Waals surface area contributed by atoms with Crippen molar-refractivity contribution in [2.75, 3.05) is 20.1 Å². The van der Waals surface area contributed by atoms with Crippen molar-refractivity contribution < 1.29 is 13.2 Å². The van der Waals surface area contributed by atoms with Gasteiger partial charge in [0.2, 0.25) is 15.9 Å². The van der Waals surface area contributed by atoms with E-state index in [1.165, 1.54) is 10.5 Å². The van der Waals surface area contributed by atoms with Crippen LogP contribution in [0.1, 0.15) is 31.2 Å². The lowest BCUT2D eigenvalue weighted by Crippen LogP contribution is -2.45. The van der Waals surface area contributed by atoms with Crippen LogP contribution >= 0.6 is 0 Å². The first-order valence-corrected chi connectivity index (χ1v) is 10.9. The maximum atomic E-state index is 13.0. The minimum atomic E-state index is -3.66. The summed E-state index contributed by atoms with van der Waals surface area (Å²) in [6, 6.07) is 1.90. The molecule has 0 radical (unpaired) electrons. The molecule has 0 aliphatic carbocycles. The predicted molar refractivity (Wildman–Crippen MR) is 104 cm³/mol. The average molecular weight is 409 g/mol. The first-order valence-electron chi connectivity index (χ1n) is 9.50. The van der Waals surface area contributed by atoms with Crippen LogP contribution in [0.3, 0.4) is 0 Å². The van der Waals surface area contributed by atoms with Crippen LogP contribution in [0.25, 0.3) is 0 Å². The fourth-order valence-electron chi connectivity index (χ4n) is 3.64. The monoisotopic (exact) mass is 408 g/mol. The van der Waals surface area contributed by atoms with Gasteiger partial charge in [0.15, 0.2) is 0 Å². The molecule has 3 rings (SSSR count). The van der Waals surface area contributed by atoms with Crippen LogP contribution < -0.4 is 0 Å². The Balaban J connectivity index is 1.72. The lowest BCUT2D eigenvalue weighted by atomic mass is 9.98. The summed E-state index contributed by atoms with van der Waals surface area (Å²) < 4.78 is 30.9. The Bertz CT molecular complexity index is 948. The van der Waals surface area contributed by atoms with Crippen LogP contribution in [0.15, 0.2) is 23.4 Å². The number of sulfonamides is 1. The van der Waals surface area contributed by atoms with Gasteiger partial charge in [0.1, 0.15) is 4.90 Å². The molecule has 1 amide bonds. The summed E-state index contributed by atoms with van der Waals surface area (Å²) in [4.78, 5) is 14.8. The molecule has 2 aromatic rings. The van der Waals surface area contributed by atoms with Crippen molar-refractivity contribution in [3.05, 3.63) is 29.8 Å². The van der Waals surface area contributed by atoms with E-state index in [0.717, 1.165) is 12.2 Å². The van der Waals surface area contributed by atoms with E-state index in [0.29, 0.717) is 31.6 Å². The van der Waals surface area contributed by atoms with E-state index in [1.54, 1.807) is 36.8 Å². The third kappa shape index (κ3) is 3.83. The molecule has 1 fully saturated rings. The molecule has 10 heteroatoms. The number of carbonyl (C=O) groups is 1. The molecule has 0 saturated carbocycles. The van der Waals surface area contributed by atoms with E-state index in [2.05, 4.69) is 10.2 Å². The summed E-state index contributed by atoms with van der Waals surface area (Å²) in [7, 11) is -0.186. The lowest BCUT2D eigenvalue weighted by molar-refractivity contribution is -0.136. The highest BCUT2D eigenvalue weighted by molar-refractivity contribution is 7.89. The largest absolute Gasteiger partial charge is 0.340 e. The van der Waals surface area contributed by atoms with Crippen LogP contribution in [-0.4, -0.2) is 63.2 Å². The fraction of sp³-hybridized carbons (Fsp3) is 0.611. The SMILES string of the molecule is CCn1nccc1CN(C)C(=O)C1CCCN(S(=O)(=O)c2cnn(C)c2C)C1. The molecule has 1 saturated heterocycles. The molecule has 0 aromatic carbocycles. The Morgan fingerprint density at radius 1 is 1.36 bits per heavy atom. The van der Waals surface area contributed by atoms with Gasteiger partial charge in [-0.25, -0.2) is 8.42 Å². The number of aromatic nitrogens is 4. The number of amides is 1. The predicted octanol–water partition coefficient (Wildman–Crippen LogP) is 1.00. The van der Waals surface area contributed by atoms with Crippen molar-refractivity contribution in [2.45, 2.75) is 44.7 Å². The van der Waals surface area contributed by atoms with E-state index in [1.807, 2.05) is 17.7 Å². The number of carbonyl (C=O) groups excluding carboxylic acids is 1. The standard InChI is InChI=1S/C18H28N6O3S/c1-5-24-16(8-9-19-24)13-21(3)18(25)15-7-6-10-23(12-15)28(26,27)17-11-20-22(4)14(17)2/h8-9,11,15H,5-7,10,12-13H2,1-4H3. The second-order valence-corrected chi connectivity index (χ2v) is 9.16. The molecule has 0 N–H and O–H groups in total. The van der Waals surface area contributed by atoms with Crippen molar-refractivity contribution in [2.24, 2.45) is 13.0 Å². The number of hydrogen-bond donors (Lipinski definition) is 0. The van der Waals surface area contributed by atoms with Gasteiger partial charge in [-0.15, -0.1) is 0 Å². The number of rotatable bonds is 6. The maximum Gasteiger partial charge on any atom is 0.246 e. The van der Waals surface area contributed by atoms with Gasteiger partial charge in [-0.3, -0.25) is 14.2 Å². The molecule has 9 nitrogen and oxygen atoms in total. The van der Waals surface area contributed by atoms with E-state index in [9.17, 15) is 13.2 Å². The number of hydrogen-bond acceptors (Lipinski definition) is 5. The lowest BCUT2D eigenvalue weighted by Gasteiger charge is -2.33. The first kappa shape index (κ1) is 20.5. The molecule has 28 heavy (non-hydrogen) atoms. The van der Waals surface area contributed by atoms with E-state index in [-0.39, 0.29) is 23.3 Å². The zero-order chi connectivity index (χ0) is 20.5. The molecule has 3 heterocycles. The van der Waals surface area contributed by atoms with Crippen LogP contribution in [0.5, 0.6) is 0 Å². The number of nitrogens with zero attached hydrogens (tertiary/aromatic N) is 6. The zero-order valence-corrected chi connectivity index (χ0v) is 17.7. The van der Waals surface area contributed by atoms with Crippen LogP contribution in [0.4, 0.5) is 0 Å². The van der Waals surface area contributed by atoms with Gasteiger partial charge in [0.05, 0.1) is 30.0 Å². The van der Waals surface area contributed by atoms with Gasteiger partial charge in [-0.05, 0) is 32.8 Å². The highest BCUT2D eigenvalue weighted by atomic mass is 32.2. The molecule has 2 aromatic heterocycles. The Hall–Kier alpha value is -2.20. The molecule has 1 unspecified atom stereocenters. The molecule has 1 aliphatic heterocycles. The van der Waals surface area contributed by atoms with Crippen LogP contribution in [0, 0.1) is 12.8 Å². The highest BCUT2D eigenvalue weighted by Gasteiger charge is 2.36. The van der Waals surface area contributed by atoms with Gasteiger partial charge in [0, 0.05) is 39.9 Å². The molecular formula is C18H28N6O3S. The quantitative estimate of drug-likeness (QED) is 0.711. The summed E-state index contributed by atoms with van der Waals surface area (Å²) in [5.74, 6) is -0.379. The minimum absolute atomic E-state index is 0.0355. The van der Waals surface area contributed by atoms with Crippen molar-refractivity contribution in [1.82, 2.24) is 28.8 Å². The second-order valence-electron chi connectivity index (χ2n) is 7.25. The van der Waals surface area contributed by atoms with Crippen molar-refractivity contribution >= 4 is 15.9 Å². The van der Waals surface area contributed by atoms with Gasteiger partial charge in [-0.2, -0.15) is 14.5 Å². The first-order chi connectivity index (χ1) is 13.3. The van der Waals surface area contributed by atoms with Gasteiger partial charge < -0.3 is 4.90 Å². The summed E-state index contributed by atoms with van der Waals surface area (Å²) in [5.41, 5.74) is 1.56. The maximum absolute atomic E-state index is 13.0. The summed E-state index contributed by atoms with van der Waals surface area (Å²) >= 11 is 0. The molecule has 0 spiro atoms. The van der Waals surface area contributed by atoms with Gasteiger partial charge in [-0.1, -0.05) is 0 Å². The number of piperidine rings is 1. The topological polar surface area (TPSA) is 93.3 Å². The summed E-state index contributed by atoms with van der Waals surface area (Å²) in [6.45, 7) is 5.56. The van der Waals surface area contributed by atoms with Gasteiger partial charge in [0.25, 0.3) is 0 Å². The summed E-state index contributed by atoms with van der Waals surface area (Å²) in [6.07, 6.45) is 4.46. The second kappa shape index (κ2) is 8.04. The number of aryl methyl sites for hydroxylation is 2. The Morgan fingerprint density at radius 3 is 2.75 bits per heavy atom. The molecule has 1 aliphatic rings. The third-order valence-corrected chi connectivity index (χ3v) is 7.39.